The fourth-order valence-corrected chi connectivity index (χ4v) is 22.7. The van der Waals surface area contributed by atoms with Gasteiger partial charge in [-0.3, -0.25) is 76.9 Å². The zero-order chi connectivity index (χ0) is 110. The maximum atomic E-state index is 14.8. The van der Waals surface area contributed by atoms with E-state index in [4.69, 9.17) is 23.7 Å². The molecule has 21 atom stereocenters. The zero-order valence-electron chi connectivity index (χ0n) is 92.2. The van der Waals surface area contributed by atoms with Crippen LogP contribution in [-0.4, -0.2) is 323 Å². The number of imide groups is 2. The van der Waals surface area contributed by atoms with Crippen LogP contribution >= 0.6 is 23.5 Å². The van der Waals surface area contributed by atoms with E-state index < -0.39 is 108 Å². The molecule has 0 radical (unpaired) electrons. The summed E-state index contributed by atoms with van der Waals surface area (Å²) in [6.07, 6.45) is 8.25. The molecule has 147 heavy (non-hydrogen) atoms. The van der Waals surface area contributed by atoms with Gasteiger partial charge in [-0.1, -0.05) is 202 Å². The van der Waals surface area contributed by atoms with Crippen molar-refractivity contribution in [1.82, 2.24) is 44.5 Å². The van der Waals surface area contributed by atoms with Crippen LogP contribution in [0.5, 0.6) is 0 Å². The number of aliphatic carboxylic acids is 1. The number of aliphatic hydroxyl groups is 1. The van der Waals surface area contributed by atoms with E-state index in [0.717, 1.165) is 29.7 Å². The lowest BCUT2D eigenvalue weighted by atomic mass is 9.83. The van der Waals surface area contributed by atoms with E-state index in [0.29, 0.717) is 102 Å². The summed E-state index contributed by atoms with van der Waals surface area (Å²) in [5, 5.41) is 26.1. The minimum atomic E-state index is -1.16. The smallest absolute Gasteiger partial charge is 0.410 e. The van der Waals surface area contributed by atoms with Crippen LogP contribution in [0.3, 0.4) is 0 Å². The van der Waals surface area contributed by atoms with Gasteiger partial charge < -0.3 is 73.9 Å². The molecule has 0 spiro atoms. The quantitative estimate of drug-likeness (QED) is 0.0301. The van der Waals surface area contributed by atoms with Gasteiger partial charge >= 0.3 is 12.1 Å². The number of anilines is 1. The number of amides is 11. The molecule has 11 amide bonds. The molecule has 33 nitrogen and oxygen atoms in total. The number of carboxylic acids is 1. The number of carbonyl (C=O) groups excluding carboxylic acids is 15. The summed E-state index contributed by atoms with van der Waals surface area (Å²) in [6.45, 7) is 30.2. The van der Waals surface area contributed by atoms with Crippen molar-refractivity contribution in [2.24, 2.45) is 65.1 Å². The molecule has 2 unspecified atom stereocenters. The van der Waals surface area contributed by atoms with Crippen molar-refractivity contribution in [3.63, 3.8) is 0 Å². The predicted molar refractivity (Wildman–Crippen MR) is 570 cm³/mol. The van der Waals surface area contributed by atoms with E-state index in [9.17, 15) is 86.9 Å². The maximum absolute atomic E-state index is 14.8. The van der Waals surface area contributed by atoms with Crippen LogP contribution in [0.2, 0.25) is 0 Å². The van der Waals surface area contributed by atoms with E-state index in [1.54, 1.807) is 98.3 Å². The van der Waals surface area contributed by atoms with Crippen molar-refractivity contribution >= 4 is 123 Å². The van der Waals surface area contributed by atoms with Gasteiger partial charge in [-0.05, 0) is 134 Å². The Balaban J connectivity index is 0.000000454. The van der Waals surface area contributed by atoms with Gasteiger partial charge in [0.1, 0.15) is 18.4 Å². The lowest BCUT2D eigenvalue weighted by Crippen LogP contribution is -2.55. The molecule has 822 valence electrons. The van der Waals surface area contributed by atoms with Crippen molar-refractivity contribution in [3.8, 4) is 0 Å². The van der Waals surface area contributed by atoms with Gasteiger partial charge in [0.25, 0.3) is 0 Å². The Labute approximate surface area is 882 Å². The highest BCUT2D eigenvalue weighted by Crippen LogP contribution is 2.38. The predicted octanol–water partition coefficient (Wildman–Crippen LogP) is 14.3. The molecule has 4 fully saturated rings. The van der Waals surface area contributed by atoms with Crippen molar-refractivity contribution in [2.45, 2.75) is 335 Å². The van der Waals surface area contributed by atoms with Crippen LogP contribution < -0.4 is 10.6 Å². The number of benzene rings is 3. The minimum absolute atomic E-state index is 0.0216. The molecule has 0 saturated carbocycles. The van der Waals surface area contributed by atoms with Gasteiger partial charge in [-0.15, -0.1) is 0 Å². The summed E-state index contributed by atoms with van der Waals surface area (Å²) in [6, 6.07) is 20.8. The number of likely N-dealkylation sites (N-methyl/N-ethyl adjacent to an activating group) is 4. The second-order valence-electron chi connectivity index (χ2n) is 42.2. The first kappa shape index (κ1) is 126. The number of hydrogen-bond donors (Lipinski definition) is 4. The van der Waals surface area contributed by atoms with Crippen molar-refractivity contribution in [1.29, 1.82) is 0 Å². The van der Waals surface area contributed by atoms with Crippen LogP contribution in [0, 0.1) is 65.1 Å². The van der Waals surface area contributed by atoms with Crippen LogP contribution in [0.15, 0.2) is 84.9 Å². The topological polar surface area (TPSA) is 410 Å². The highest BCUT2D eigenvalue weighted by molar-refractivity contribution is 8.00. The van der Waals surface area contributed by atoms with Crippen LogP contribution in [-0.2, 0) is 109 Å². The van der Waals surface area contributed by atoms with E-state index in [1.165, 1.54) is 64.4 Å². The van der Waals surface area contributed by atoms with Gasteiger partial charge in [-0.25, -0.2) is 9.59 Å². The summed E-state index contributed by atoms with van der Waals surface area (Å²) in [5.74, 6) is -8.17. The number of carboxylic acid groups (broad SMARTS) is 1. The third-order valence-corrected chi connectivity index (χ3v) is 32.5. The number of hydrogen-bond acceptors (Lipinski definition) is 25. The summed E-state index contributed by atoms with van der Waals surface area (Å²) in [5.41, 5.74) is 2.94. The molecule has 35 heteroatoms. The first-order chi connectivity index (χ1) is 69.6. The molecule has 0 bridgehead atoms. The Morgan fingerprint density at radius 3 is 1.33 bits per heavy atom. The summed E-state index contributed by atoms with van der Waals surface area (Å²) in [4.78, 5) is 228. The number of aliphatic hydroxyl groups excluding tert-OH is 1. The van der Waals surface area contributed by atoms with Crippen molar-refractivity contribution < 1.29 is 111 Å². The number of rotatable bonds is 63. The van der Waals surface area contributed by atoms with E-state index in [1.807, 2.05) is 158 Å². The number of ketones is 4. The average Bonchev–Trinajstić information content (AvgIpc) is 1.59. The van der Waals surface area contributed by atoms with Crippen LogP contribution in [0.4, 0.5) is 10.5 Å². The highest BCUT2D eigenvalue weighted by Gasteiger charge is 2.49. The molecule has 4 saturated heterocycles. The molecule has 3 aromatic rings. The van der Waals surface area contributed by atoms with Gasteiger partial charge in [0.05, 0.1) is 103 Å². The Kier molecular flexibility index (Phi) is 53.5. The van der Waals surface area contributed by atoms with Gasteiger partial charge in [0.2, 0.25) is 59.1 Å². The zero-order valence-corrected chi connectivity index (χ0v) is 93.8. The number of Topliss-reactive ketones (excluding diaryl/α,β-unsaturated/α-hetero) is 4. The monoisotopic (exact) mass is 2090 g/mol. The third kappa shape index (κ3) is 35.8. The number of likely N-dealkylation sites (tertiary alicyclic amines) is 4. The highest BCUT2D eigenvalue weighted by atomic mass is 32.2. The van der Waals surface area contributed by atoms with E-state index >= 15 is 0 Å². The van der Waals surface area contributed by atoms with Gasteiger partial charge in [0, 0.05) is 158 Å². The van der Waals surface area contributed by atoms with E-state index in [2.05, 4.69) is 10.6 Å². The lowest BCUT2D eigenvalue weighted by molar-refractivity contribution is -0.150. The fraction of sp³-hybridized carbons (Fsp3) is 0.696. The first-order valence-corrected chi connectivity index (χ1v) is 55.6. The number of thioether (sulfide) groups is 2. The van der Waals surface area contributed by atoms with Gasteiger partial charge in [0.15, 0.2) is 17.3 Å². The Bertz CT molecular complexity index is 4760. The maximum Gasteiger partial charge on any atom is 0.410 e. The number of methoxy groups -OCH3 is 4. The molecule has 4 aliphatic rings. The van der Waals surface area contributed by atoms with Crippen molar-refractivity contribution in [2.75, 3.05) is 107 Å². The number of nitrogens with zero attached hydrogens (tertiary/aromatic N) is 8. The van der Waals surface area contributed by atoms with Gasteiger partial charge in [-0.2, -0.15) is 23.5 Å². The van der Waals surface area contributed by atoms with Crippen LogP contribution in [0.25, 0.3) is 0 Å². The Morgan fingerprint density at radius 2 is 0.918 bits per heavy atom. The fourth-order valence-electron chi connectivity index (χ4n) is 21.4. The molecule has 4 aliphatic heterocycles. The number of nitrogens with one attached hydrogen (secondary N) is 2. The summed E-state index contributed by atoms with van der Waals surface area (Å²) < 4.78 is 29.8. The number of ether oxygens (including phenoxy) is 5. The second kappa shape index (κ2) is 62.3. The molecular formula is C112H174N10O23S2. The molecular weight excluding hydrogens is 1920 g/mol. The Morgan fingerprint density at radius 1 is 0.483 bits per heavy atom. The number of carbonyl (C=O) groups is 16. The molecule has 0 aliphatic carbocycles. The molecule has 4 N–H and O–H groups in total. The first-order valence-electron chi connectivity index (χ1n) is 53.0. The summed E-state index contributed by atoms with van der Waals surface area (Å²) >= 11 is 2.77. The lowest BCUT2D eigenvalue weighted by Gasteiger charge is -2.41. The van der Waals surface area contributed by atoms with E-state index in [-0.39, 0.29) is 205 Å². The van der Waals surface area contributed by atoms with Crippen LogP contribution in [0.1, 0.15) is 261 Å². The third-order valence-electron chi connectivity index (χ3n) is 30.6. The van der Waals surface area contributed by atoms with Crippen molar-refractivity contribution in [3.05, 3.63) is 102 Å². The largest absolute Gasteiger partial charge is 0.480 e. The minimum Gasteiger partial charge on any atom is -0.480 e. The normalized spacial score (nSPS) is 19.4. The second-order valence-corrected chi connectivity index (χ2v) is 44.3. The molecule has 0 aromatic heterocycles. The molecule has 4 heterocycles. The number of unbranched alkanes of at least 4 members (excludes halogenated alkanes) is 4. The molecule has 3 aromatic carbocycles. The average molecular weight is 2090 g/mol. The SMILES string of the molecule is CC[C@H](C)[C@@H]([C@@H](CC(=O)N1CCC[C@H]1[C@H](OC)[C@@H](C)C(=O)C[C@H](C)[C@@H](O)c1ccccc1)OC)N(C)C(=O)[C@@H](CC(=O)[C@H](C(C)C)N(C)C(=O)OCc1ccc(NCC(=O)CCCCCN2C(=O)CC(SC)C2=O)cc1)C(C)C.CC[C@H](C)[C@@H]([C@@H](CC(=O)N1CCC[C@H]1[C@H](OC)[C@@H](C)C(=O)N[C@@H](Cc1ccccc1)C(=O)O)OC)N(C)C(=O)[C@@H](CC(=O)[C@H](C(C)C)N(C)C(=O)CCCCCN1C(=O)CC(SC)C1=O)C(C)C. The molecule has 7 rings (SSSR count). The Hall–Kier alpha value is -9.52. The summed E-state index contributed by atoms with van der Waals surface area (Å²) in [7, 11) is 12.7. The standard InChI is InChI=1S/C61H93N5O12S.C51H81N5O11S/c1-14-40(6)56(51(76-11)34-53(70)65-31-21-25-48(65)58(77-12)42(8)49(68)32-41(7)57(72)44-22-17-15-18-23-44)63(9)59(73)47(38(2)3)33-50(69)55(39(4)5)64(10)61(75)78-37-43-26-28-45(29-27-43)62-36-46(67)24-19-16-20-30-66-54(71)35-52(79-13)60(66)74;1-13-33(6)46(40(66-10)29-43(59)55-26-20-23-38(55)47(67-11)34(7)48(61)52-37(51(64)65)27-35-21-16-14-17-22-35)54(9)49(62)36(31(2)3)28-39(57)45(32(4)5)53(8)42(58)24-18-15-19-25-56-44(60)30-41(68-12)50(56)63/h15,17-18,22-23,26-29,38-42,47-48,51-52,55-58,62,72H,14,16,19-21,24-25,30-37H2,1-13H3;14,16-17,21-22,31-34,36-38,40-41,45-47H,13,15,18-20,23-30H2,1-12H3,(H,52,61)(H,64,65)/t40-,41-,42-,47-,48-,51+,52?,55-,56-,57+,58+;33-,34+,36-,37-,38-,40+,41?,45-,46-,47+/m00/s1.